The van der Waals surface area contributed by atoms with Gasteiger partial charge < -0.3 is 9.30 Å². The highest BCUT2D eigenvalue weighted by atomic mass is 16.5. The van der Waals surface area contributed by atoms with Gasteiger partial charge >= 0.3 is 5.69 Å². The number of nitrogens with one attached hydrogen (secondary N) is 1. The van der Waals surface area contributed by atoms with Gasteiger partial charge in [0.25, 0.3) is 5.56 Å². The zero-order valence-corrected chi connectivity index (χ0v) is 22.0. The fourth-order valence-corrected chi connectivity index (χ4v) is 5.06. The monoisotopic (exact) mass is 526 g/mol. The minimum absolute atomic E-state index is 0.270. The molecule has 0 amide bonds. The Balaban J connectivity index is 1.41. The quantitative estimate of drug-likeness (QED) is 0.297. The zero-order chi connectivity index (χ0) is 26.9. The lowest BCUT2D eigenvalue weighted by molar-refractivity contribution is 0.186. The normalized spacial score (nSPS) is 13.4. The molecule has 11 nitrogen and oxygen atoms in total. The van der Waals surface area contributed by atoms with Gasteiger partial charge in [0.05, 0.1) is 13.2 Å². The number of benzene rings is 2. The van der Waals surface area contributed by atoms with Crippen LogP contribution in [0.15, 0.2) is 58.1 Å². The average Bonchev–Trinajstić information content (AvgIpc) is 3.47. The van der Waals surface area contributed by atoms with E-state index in [4.69, 9.17) is 9.72 Å². The van der Waals surface area contributed by atoms with Crippen molar-refractivity contribution < 1.29 is 4.74 Å². The third kappa shape index (κ3) is 4.69. The number of aromatic amines is 1. The standard InChI is InChI=1S/C28H30N8O3/c1-3-23-29-26-24(27(37)36(17-18-8-9-18)28(38)34(26)14-15-39-2)35(23)16-19-10-12-20(13-11-19)21-6-4-5-7-22(21)25-30-32-33-31-25/h4-7,10-13,18H,3,8-9,14-17H2,1-2H3,(H,30,31,32,33). The molecule has 0 spiro atoms. The lowest BCUT2D eigenvalue weighted by Gasteiger charge is -2.13. The molecule has 1 saturated carbocycles. The summed E-state index contributed by atoms with van der Waals surface area (Å²) in [5.41, 5.74) is 4.24. The first kappa shape index (κ1) is 24.9. The van der Waals surface area contributed by atoms with Crippen LogP contribution < -0.4 is 11.2 Å². The van der Waals surface area contributed by atoms with Crippen LogP contribution in [0.3, 0.4) is 0 Å². The number of tetrazole rings is 1. The molecular formula is C28H30N8O3. The molecule has 1 fully saturated rings. The maximum atomic E-state index is 13.7. The smallest absolute Gasteiger partial charge is 0.332 e. The number of imidazole rings is 1. The zero-order valence-electron chi connectivity index (χ0n) is 22.0. The Labute approximate surface area is 224 Å². The Morgan fingerprint density at radius 1 is 1.00 bits per heavy atom. The highest BCUT2D eigenvalue weighted by molar-refractivity contribution is 5.80. The van der Waals surface area contributed by atoms with Crippen LogP contribution in [0, 0.1) is 5.92 Å². The second-order valence-corrected chi connectivity index (χ2v) is 9.90. The molecule has 0 unspecified atom stereocenters. The Kier molecular flexibility index (Phi) is 6.65. The first-order valence-electron chi connectivity index (χ1n) is 13.2. The van der Waals surface area contributed by atoms with E-state index in [0.29, 0.717) is 55.6 Å². The maximum absolute atomic E-state index is 13.7. The molecule has 39 heavy (non-hydrogen) atoms. The molecule has 11 heteroatoms. The van der Waals surface area contributed by atoms with E-state index in [1.807, 2.05) is 35.8 Å². The molecule has 0 radical (unpaired) electrons. The van der Waals surface area contributed by atoms with E-state index in [-0.39, 0.29) is 11.2 Å². The predicted molar refractivity (Wildman–Crippen MR) is 146 cm³/mol. The Hall–Kier alpha value is -4.38. The van der Waals surface area contributed by atoms with E-state index in [0.717, 1.165) is 40.9 Å². The van der Waals surface area contributed by atoms with Gasteiger partial charge in [-0.1, -0.05) is 55.5 Å². The Morgan fingerprint density at radius 2 is 1.77 bits per heavy atom. The molecule has 0 aliphatic heterocycles. The second kappa shape index (κ2) is 10.4. The summed E-state index contributed by atoms with van der Waals surface area (Å²) >= 11 is 0. The number of aromatic nitrogens is 8. The molecule has 2 aromatic carbocycles. The highest BCUT2D eigenvalue weighted by Gasteiger charge is 2.27. The Bertz CT molecular complexity index is 1730. The molecule has 0 saturated heterocycles. The molecular weight excluding hydrogens is 496 g/mol. The van der Waals surface area contributed by atoms with Crippen molar-refractivity contribution in [3.05, 3.63) is 80.8 Å². The van der Waals surface area contributed by atoms with Gasteiger partial charge in [-0.2, -0.15) is 5.21 Å². The van der Waals surface area contributed by atoms with Crippen molar-refractivity contribution in [2.75, 3.05) is 13.7 Å². The average molecular weight is 527 g/mol. The van der Waals surface area contributed by atoms with Crippen molar-refractivity contribution in [3.8, 4) is 22.5 Å². The molecule has 3 aromatic heterocycles. The SMILES string of the molecule is CCc1nc2c(c(=O)n(CC3CC3)c(=O)n2CCOC)n1Cc1ccc(-c2ccccc2-c2nn[nH]n2)cc1. The van der Waals surface area contributed by atoms with Crippen molar-refractivity contribution in [1.29, 1.82) is 0 Å². The molecule has 3 heterocycles. The van der Waals surface area contributed by atoms with Gasteiger partial charge in [0, 0.05) is 32.2 Å². The molecule has 1 aliphatic rings. The molecule has 0 bridgehead atoms. The lowest BCUT2D eigenvalue weighted by atomic mass is 9.98. The largest absolute Gasteiger partial charge is 0.383 e. The second-order valence-electron chi connectivity index (χ2n) is 9.90. The van der Waals surface area contributed by atoms with Crippen LogP contribution in [0.4, 0.5) is 0 Å². The number of methoxy groups -OCH3 is 1. The van der Waals surface area contributed by atoms with Gasteiger partial charge in [-0.15, -0.1) is 10.2 Å². The number of fused-ring (bicyclic) bond motifs is 1. The third-order valence-corrected chi connectivity index (χ3v) is 7.29. The van der Waals surface area contributed by atoms with E-state index >= 15 is 0 Å². The van der Waals surface area contributed by atoms with Crippen molar-refractivity contribution in [2.45, 2.75) is 45.8 Å². The summed E-state index contributed by atoms with van der Waals surface area (Å²) in [6, 6.07) is 16.1. The van der Waals surface area contributed by atoms with Crippen molar-refractivity contribution in [1.82, 2.24) is 39.3 Å². The minimum Gasteiger partial charge on any atom is -0.383 e. The number of rotatable bonds is 10. The highest BCUT2D eigenvalue weighted by Crippen LogP contribution is 2.31. The van der Waals surface area contributed by atoms with Crippen LogP contribution in [0.5, 0.6) is 0 Å². The third-order valence-electron chi connectivity index (χ3n) is 7.29. The van der Waals surface area contributed by atoms with E-state index in [1.54, 1.807) is 11.7 Å². The molecule has 1 aliphatic carbocycles. The summed E-state index contributed by atoms with van der Waals surface area (Å²) in [5, 5.41) is 14.5. The van der Waals surface area contributed by atoms with Gasteiger partial charge in [-0.3, -0.25) is 13.9 Å². The predicted octanol–water partition coefficient (Wildman–Crippen LogP) is 2.87. The van der Waals surface area contributed by atoms with Crippen LogP contribution in [-0.4, -0.2) is 53.0 Å². The summed E-state index contributed by atoms with van der Waals surface area (Å²) < 4.78 is 10.2. The maximum Gasteiger partial charge on any atom is 0.332 e. The minimum atomic E-state index is -0.312. The van der Waals surface area contributed by atoms with Crippen LogP contribution in [0.25, 0.3) is 33.7 Å². The summed E-state index contributed by atoms with van der Waals surface area (Å²) in [6.45, 7) is 3.62. The van der Waals surface area contributed by atoms with Crippen molar-refractivity contribution in [2.24, 2.45) is 5.92 Å². The van der Waals surface area contributed by atoms with Gasteiger partial charge in [-0.05, 0) is 40.7 Å². The van der Waals surface area contributed by atoms with Crippen LogP contribution in [0.2, 0.25) is 0 Å². The molecule has 200 valence electrons. The van der Waals surface area contributed by atoms with Crippen LogP contribution in [-0.2, 0) is 30.8 Å². The van der Waals surface area contributed by atoms with Gasteiger partial charge in [0.1, 0.15) is 5.82 Å². The summed E-state index contributed by atoms with van der Waals surface area (Å²) in [7, 11) is 1.60. The summed E-state index contributed by atoms with van der Waals surface area (Å²) in [6.07, 6.45) is 2.72. The molecule has 0 atom stereocenters. The van der Waals surface area contributed by atoms with E-state index in [9.17, 15) is 9.59 Å². The van der Waals surface area contributed by atoms with Crippen LogP contribution >= 0.6 is 0 Å². The number of ether oxygens (including phenoxy) is 1. The van der Waals surface area contributed by atoms with Gasteiger partial charge in [0.2, 0.25) is 5.82 Å². The Morgan fingerprint density at radius 3 is 2.44 bits per heavy atom. The lowest BCUT2D eigenvalue weighted by Crippen LogP contribution is -2.41. The number of H-pyrrole nitrogens is 1. The molecule has 1 N–H and O–H groups in total. The van der Waals surface area contributed by atoms with Crippen molar-refractivity contribution in [3.63, 3.8) is 0 Å². The molecule has 6 rings (SSSR count). The van der Waals surface area contributed by atoms with E-state index in [1.165, 1.54) is 4.57 Å². The van der Waals surface area contributed by atoms with E-state index in [2.05, 4.69) is 44.9 Å². The van der Waals surface area contributed by atoms with Gasteiger partial charge in [-0.25, -0.2) is 9.78 Å². The topological polar surface area (TPSA) is 126 Å². The summed E-state index contributed by atoms with van der Waals surface area (Å²) in [5.74, 6) is 1.69. The number of nitrogens with zero attached hydrogens (tertiary/aromatic N) is 7. The van der Waals surface area contributed by atoms with E-state index < -0.39 is 0 Å². The number of aryl methyl sites for hydroxylation is 1. The van der Waals surface area contributed by atoms with Crippen LogP contribution in [0.1, 0.15) is 31.2 Å². The summed E-state index contributed by atoms with van der Waals surface area (Å²) in [4.78, 5) is 31.8. The van der Waals surface area contributed by atoms with Crippen molar-refractivity contribution >= 4 is 11.2 Å². The van der Waals surface area contributed by atoms with Gasteiger partial charge in [0.15, 0.2) is 11.2 Å². The first-order valence-corrected chi connectivity index (χ1v) is 13.2. The fraction of sp³-hybridized carbons (Fsp3) is 0.357. The number of hydrogen-bond donors (Lipinski definition) is 1. The number of hydrogen-bond acceptors (Lipinski definition) is 7. The first-order chi connectivity index (χ1) is 19.1. The fourth-order valence-electron chi connectivity index (χ4n) is 5.06. The molecule has 5 aromatic rings.